The number of amides is 1. The van der Waals surface area contributed by atoms with Crippen LogP contribution < -0.4 is 5.32 Å². The molecule has 1 heterocycles. The lowest BCUT2D eigenvalue weighted by Gasteiger charge is -2.32. The van der Waals surface area contributed by atoms with Crippen LogP contribution in [0.15, 0.2) is 18.2 Å². The zero-order valence-electron chi connectivity index (χ0n) is 11.6. The van der Waals surface area contributed by atoms with E-state index in [9.17, 15) is 4.79 Å². The monoisotopic (exact) mass is 280 g/mol. The lowest BCUT2D eigenvalue weighted by atomic mass is 10.0. The molecule has 1 aromatic carbocycles. The van der Waals surface area contributed by atoms with Gasteiger partial charge in [0.1, 0.15) is 0 Å². The number of benzene rings is 1. The molecule has 0 saturated carbocycles. The molecule has 4 heteroatoms. The molecular formula is C15H21ClN2O. The number of aryl methyl sites for hydroxylation is 1. The van der Waals surface area contributed by atoms with Crippen LogP contribution in [-0.2, 0) is 4.79 Å². The number of rotatable bonds is 3. The summed E-state index contributed by atoms with van der Waals surface area (Å²) in [4.78, 5) is 14.3. The normalized spacial score (nSPS) is 20.3. The fourth-order valence-corrected chi connectivity index (χ4v) is 2.67. The van der Waals surface area contributed by atoms with Crippen LogP contribution in [0.3, 0.4) is 0 Å². The van der Waals surface area contributed by atoms with E-state index < -0.39 is 0 Å². The molecule has 2 rings (SSSR count). The van der Waals surface area contributed by atoms with Crippen molar-refractivity contribution in [2.45, 2.75) is 39.2 Å². The van der Waals surface area contributed by atoms with Crippen molar-refractivity contribution in [2.75, 3.05) is 18.4 Å². The van der Waals surface area contributed by atoms with Gasteiger partial charge in [0.05, 0.1) is 6.54 Å². The first kappa shape index (κ1) is 14.4. The minimum absolute atomic E-state index is 0.0408. The number of hydrogen-bond donors (Lipinski definition) is 1. The van der Waals surface area contributed by atoms with Crippen molar-refractivity contribution in [3.63, 3.8) is 0 Å². The van der Waals surface area contributed by atoms with E-state index in [2.05, 4.69) is 17.1 Å². The molecule has 1 N–H and O–H groups in total. The molecule has 3 nitrogen and oxygen atoms in total. The summed E-state index contributed by atoms with van der Waals surface area (Å²) < 4.78 is 0. The van der Waals surface area contributed by atoms with E-state index in [1.807, 2.05) is 19.1 Å². The molecule has 1 saturated heterocycles. The van der Waals surface area contributed by atoms with Crippen LogP contribution in [-0.4, -0.2) is 29.9 Å². The Hall–Kier alpha value is -1.06. The molecule has 19 heavy (non-hydrogen) atoms. The van der Waals surface area contributed by atoms with E-state index in [0.717, 1.165) is 17.8 Å². The summed E-state index contributed by atoms with van der Waals surface area (Å²) in [5.41, 5.74) is 1.84. The zero-order valence-corrected chi connectivity index (χ0v) is 12.3. The van der Waals surface area contributed by atoms with Crippen LogP contribution >= 0.6 is 11.6 Å². The number of hydrogen-bond acceptors (Lipinski definition) is 2. The average molecular weight is 281 g/mol. The van der Waals surface area contributed by atoms with Crippen molar-refractivity contribution in [1.82, 2.24) is 4.90 Å². The number of halogens is 1. The van der Waals surface area contributed by atoms with Gasteiger partial charge in [0, 0.05) is 16.8 Å². The summed E-state index contributed by atoms with van der Waals surface area (Å²) in [5, 5.41) is 3.60. The Morgan fingerprint density at radius 3 is 3.00 bits per heavy atom. The molecule has 104 valence electrons. The quantitative estimate of drug-likeness (QED) is 0.920. The highest BCUT2D eigenvalue weighted by Crippen LogP contribution is 2.21. The molecule has 0 aromatic heterocycles. The van der Waals surface area contributed by atoms with Crippen molar-refractivity contribution in [3.05, 3.63) is 28.8 Å². The summed E-state index contributed by atoms with van der Waals surface area (Å²) in [5.74, 6) is 0.0408. The van der Waals surface area contributed by atoms with Crippen molar-refractivity contribution in [3.8, 4) is 0 Å². The molecule has 1 aliphatic rings. The standard InChI is InChI=1S/C15H21ClN2O/c1-11-6-7-13(16)9-14(11)17-15(19)10-18-8-4-3-5-12(18)2/h6-7,9,12H,3-5,8,10H2,1-2H3,(H,17,19)/t12-/m0/s1. The van der Waals surface area contributed by atoms with E-state index in [-0.39, 0.29) is 5.91 Å². The molecule has 1 fully saturated rings. The molecule has 0 unspecified atom stereocenters. The summed E-state index contributed by atoms with van der Waals surface area (Å²) in [6.45, 7) is 5.64. The van der Waals surface area contributed by atoms with Crippen LogP contribution in [0.5, 0.6) is 0 Å². The number of carbonyl (C=O) groups excluding carboxylic acids is 1. The highest BCUT2D eigenvalue weighted by atomic mass is 35.5. The minimum atomic E-state index is 0.0408. The van der Waals surface area contributed by atoms with Gasteiger partial charge in [-0.1, -0.05) is 24.1 Å². The Balaban J connectivity index is 1.95. The minimum Gasteiger partial charge on any atom is -0.325 e. The molecule has 1 aliphatic heterocycles. The second kappa shape index (κ2) is 6.40. The van der Waals surface area contributed by atoms with E-state index in [1.165, 1.54) is 19.3 Å². The number of anilines is 1. The van der Waals surface area contributed by atoms with E-state index >= 15 is 0 Å². The van der Waals surface area contributed by atoms with Crippen molar-refractivity contribution in [2.24, 2.45) is 0 Å². The molecule has 0 spiro atoms. The van der Waals surface area contributed by atoms with Crippen LogP contribution in [0.4, 0.5) is 5.69 Å². The number of nitrogens with zero attached hydrogens (tertiary/aromatic N) is 1. The van der Waals surface area contributed by atoms with Gasteiger partial charge in [-0.25, -0.2) is 0 Å². The van der Waals surface area contributed by atoms with E-state index in [0.29, 0.717) is 17.6 Å². The highest BCUT2D eigenvalue weighted by Gasteiger charge is 2.20. The predicted octanol–water partition coefficient (Wildman–Crippen LogP) is 3.46. The Morgan fingerprint density at radius 2 is 2.26 bits per heavy atom. The van der Waals surface area contributed by atoms with Crippen LogP contribution in [0, 0.1) is 6.92 Å². The van der Waals surface area contributed by atoms with Crippen molar-refractivity contribution < 1.29 is 4.79 Å². The molecule has 1 amide bonds. The summed E-state index contributed by atoms with van der Waals surface area (Å²) in [6.07, 6.45) is 3.64. The van der Waals surface area contributed by atoms with Gasteiger partial charge in [-0.3, -0.25) is 9.69 Å². The molecular weight excluding hydrogens is 260 g/mol. The maximum Gasteiger partial charge on any atom is 0.238 e. The third kappa shape index (κ3) is 3.95. The third-order valence-electron chi connectivity index (χ3n) is 3.76. The number of carbonyl (C=O) groups is 1. The first-order valence-corrected chi connectivity index (χ1v) is 7.24. The van der Waals surface area contributed by atoms with Gasteiger partial charge in [-0.05, 0) is 50.9 Å². The van der Waals surface area contributed by atoms with Gasteiger partial charge >= 0.3 is 0 Å². The summed E-state index contributed by atoms with van der Waals surface area (Å²) in [6, 6.07) is 6.05. The number of piperidine rings is 1. The van der Waals surface area contributed by atoms with Gasteiger partial charge in [0.15, 0.2) is 0 Å². The fraction of sp³-hybridized carbons (Fsp3) is 0.533. The molecule has 0 bridgehead atoms. The Kier molecular flexibility index (Phi) is 4.83. The fourth-order valence-electron chi connectivity index (χ4n) is 2.50. The molecule has 0 aliphatic carbocycles. The maximum atomic E-state index is 12.1. The molecule has 1 atom stereocenters. The summed E-state index contributed by atoms with van der Waals surface area (Å²) >= 11 is 5.95. The zero-order chi connectivity index (χ0) is 13.8. The second-order valence-corrected chi connectivity index (χ2v) is 5.76. The maximum absolute atomic E-state index is 12.1. The lowest BCUT2D eigenvalue weighted by Crippen LogP contribution is -2.42. The van der Waals surface area contributed by atoms with Gasteiger partial charge in [-0.2, -0.15) is 0 Å². The number of likely N-dealkylation sites (tertiary alicyclic amines) is 1. The lowest BCUT2D eigenvalue weighted by molar-refractivity contribution is -0.118. The van der Waals surface area contributed by atoms with Gasteiger partial charge < -0.3 is 5.32 Å². The number of nitrogens with one attached hydrogen (secondary N) is 1. The second-order valence-electron chi connectivity index (χ2n) is 5.32. The van der Waals surface area contributed by atoms with Gasteiger partial charge in [-0.15, -0.1) is 0 Å². The first-order valence-electron chi connectivity index (χ1n) is 6.86. The average Bonchev–Trinajstić information content (AvgIpc) is 2.37. The first-order chi connectivity index (χ1) is 9.06. The smallest absolute Gasteiger partial charge is 0.238 e. The SMILES string of the molecule is Cc1ccc(Cl)cc1NC(=O)CN1CCCC[C@@H]1C. The van der Waals surface area contributed by atoms with Crippen LogP contribution in [0.25, 0.3) is 0 Å². The molecule has 0 radical (unpaired) electrons. The highest BCUT2D eigenvalue weighted by molar-refractivity contribution is 6.31. The Labute approximate surface area is 119 Å². The van der Waals surface area contributed by atoms with Gasteiger partial charge in [0.2, 0.25) is 5.91 Å². The third-order valence-corrected chi connectivity index (χ3v) is 4.00. The van der Waals surface area contributed by atoms with Crippen molar-refractivity contribution >= 4 is 23.2 Å². The largest absolute Gasteiger partial charge is 0.325 e. The van der Waals surface area contributed by atoms with Gasteiger partial charge in [0.25, 0.3) is 0 Å². The van der Waals surface area contributed by atoms with E-state index in [4.69, 9.17) is 11.6 Å². The summed E-state index contributed by atoms with van der Waals surface area (Å²) in [7, 11) is 0. The Morgan fingerprint density at radius 1 is 1.47 bits per heavy atom. The Bertz CT molecular complexity index is 461. The van der Waals surface area contributed by atoms with Crippen molar-refractivity contribution in [1.29, 1.82) is 0 Å². The van der Waals surface area contributed by atoms with E-state index in [1.54, 1.807) is 6.07 Å². The molecule has 1 aromatic rings. The topological polar surface area (TPSA) is 32.3 Å². The van der Waals surface area contributed by atoms with Crippen LogP contribution in [0.2, 0.25) is 5.02 Å². The predicted molar refractivity (Wildman–Crippen MR) is 79.7 cm³/mol. The van der Waals surface area contributed by atoms with Crippen LogP contribution in [0.1, 0.15) is 31.7 Å².